The number of anilines is 1. The zero-order valence-corrected chi connectivity index (χ0v) is 15.6. The molecule has 0 saturated carbocycles. The average Bonchev–Trinajstić information content (AvgIpc) is 3.15. The van der Waals surface area contributed by atoms with Gasteiger partial charge in [0.2, 0.25) is 5.91 Å². The maximum absolute atomic E-state index is 12.5. The zero-order valence-electron chi connectivity index (χ0n) is 15.6. The van der Waals surface area contributed by atoms with Crippen molar-refractivity contribution in [3.8, 4) is 11.5 Å². The van der Waals surface area contributed by atoms with Crippen LogP contribution in [0.4, 0.5) is 5.69 Å². The van der Waals surface area contributed by atoms with Crippen molar-refractivity contribution in [3.63, 3.8) is 0 Å². The third-order valence-corrected chi connectivity index (χ3v) is 5.38. The first-order chi connectivity index (χ1) is 12.5. The Bertz CT molecular complexity index is 609. The Morgan fingerprint density at radius 1 is 1.27 bits per heavy atom. The molecule has 2 saturated heterocycles. The minimum atomic E-state index is -0.781. The standard InChI is InChI=1S/C19H29N3O4/c1-24-16-9-15(10-17(11-16)25-2)22-6-3-14(13-22)12-21-18(23)19(20)4-7-26-8-5-19/h9-11,14H,3-8,12-13,20H2,1-2H3,(H,21,23). The van der Waals surface area contributed by atoms with Crippen molar-refractivity contribution in [2.24, 2.45) is 11.7 Å². The first-order valence-corrected chi connectivity index (χ1v) is 9.17. The molecule has 0 aromatic heterocycles. The predicted molar refractivity (Wildman–Crippen MR) is 99.8 cm³/mol. The monoisotopic (exact) mass is 363 g/mol. The van der Waals surface area contributed by atoms with Gasteiger partial charge in [-0.05, 0) is 25.2 Å². The third-order valence-electron chi connectivity index (χ3n) is 5.38. The van der Waals surface area contributed by atoms with Crippen molar-refractivity contribution in [3.05, 3.63) is 18.2 Å². The van der Waals surface area contributed by atoms with Crippen LogP contribution in [0.25, 0.3) is 0 Å². The molecule has 7 nitrogen and oxygen atoms in total. The molecule has 7 heteroatoms. The van der Waals surface area contributed by atoms with Crippen molar-refractivity contribution < 1.29 is 19.0 Å². The lowest BCUT2D eigenvalue weighted by Gasteiger charge is -2.32. The van der Waals surface area contributed by atoms with Gasteiger partial charge in [-0.25, -0.2) is 0 Å². The molecular weight excluding hydrogens is 334 g/mol. The van der Waals surface area contributed by atoms with Gasteiger partial charge < -0.3 is 30.2 Å². The second kappa shape index (κ2) is 8.14. The Balaban J connectivity index is 1.55. The van der Waals surface area contributed by atoms with Gasteiger partial charge in [0.15, 0.2) is 0 Å². The summed E-state index contributed by atoms with van der Waals surface area (Å²) in [4.78, 5) is 14.8. The average molecular weight is 363 g/mol. The highest BCUT2D eigenvalue weighted by Gasteiger charge is 2.36. The molecule has 1 aromatic rings. The van der Waals surface area contributed by atoms with Gasteiger partial charge >= 0.3 is 0 Å². The second-order valence-corrected chi connectivity index (χ2v) is 7.15. The van der Waals surface area contributed by atoms with Crippen molar-refractivity contribution in [1.82, 2.24) is 5.32 Å². The molecule has 2 heterocycles. The van der Waals surface area contributed by atoms with Crippen molar-refractivity contribution in [1.29, 1.82) is 0 Å². The molecule has 0 aliphatic carbocycles. The van der Waals surface area contributed by atoms with Crippen LogP contribution in [0.1, 0.15) is 19.3 Å². The van der Waals surface area contributed by atoms with E-state index in [2.05, 4.69) is 10.2 Å². The largest absolute Gasteiger partial charge is 0.497 e. The van der Waals surface area contributed by atoms with E-state index in [1.165, 1.54) is 0 Å². The van der Waals surface area contributed by atoms with Crippen LogP contribution in [0.3, 0.4) is 0 Å². The summed E-state index contributed by atoms with van der Waals surface area (Å²) in [5.41, 5.74) is 6.54. The number of hydrogen-bond donors (Lipinski definition) is 2. The van der Waals surface area contributed by atoms with E-state index in [1.807, 2.05) is 18.2 Å². The van der Waals surface area contributed by atoms with Crippen LogP contribution in [-0.4, -0.2) is 58.5 Å². The lowest BCUT2D eigenvalue weighted by molar-refractivity contribution is -0.129. The quantitative estimate of drug-likeness (QED) is 0.789. The Morgan fingerprint density at radius 2 is 1.92 bits per heavy atom. The zero-order chi connectivity index (χ0) is 18.6. The highest BCUT2D eigenvalue weighted by Crippen LogP contribution is 2.31. The third kappa shape index (κ3) is 4.22. The topological polar surface area (TPSA) is 86.1 Å². The Kier molecular flexibility index (Phi) is 5.88. The smallest absolute Gasteiger partial charge is 0.240 e. The molecule has 3 rings (SSSR count). The molecule has 0 spiro atoms. The van der Waals surface area contributed by atoms with Crippen molar-refractivity contribution in [2.45, 2.75) is 24.8 Å². The van der Waals surface area contributed by atoms with Crippen LogP contribution >= 0.6 is 0 Å². The molecule has 0 bridgehead atoms. The fraction of sp³-hybridized carbons (Fsp3) is 0.632. The van der Waals surface area contributed by atoms with E-state index in [0.717, 1.165) is 36.7 Å². The normalized spacial score (nSPS) is 22.1. The highest BCUT2D eigenvalue weighted by atomic mass is 16.5. The summed E-state index contributed by atoms with van der Waals surface area (Å²) in [5.74, 6) is 1.91. The van der Waals surface area contributed by atoms with Gasteiger partial charge in [0.05, 0.1) is 19.8 Å². The number of nitrogens with one attached hydrogen (secondary N) is 1. The molecule has 144 valence electrons. The van der Waals surface area contributed by atoms with Gasteiger partial charge in [0.25, 0.3) is 0 Å². The minimum absolute atomic E-state index is 0.0534. The van der Waals surface area contributed by atoms with E-state index < -0.39 is 5.54 Å². The molecule has 1 aromatic carbocycles. The number of hydrogen-bond acceptors (Lipinski definition) is 6. The number of amides is 1. The van der Waals surface area contributed by atoms with Crippen LogP contribution in [0.2, 0.25) is 0 Å². The SMILES string of the molecule is COc1cc(OC)cc(N2CCC(CNC(=O)C3(N)CCOCC3)C2)c1. The minimum Gasteiger partial charge on any atom is -0.497 e. The highest BCUT2D eigenvalue weighted by molar-refractivity contribution is 5.86. The fourth-order valence-corrected chi connectivity index (χ4v) is 3.58. The Hall–Kier alpha value is -1.99. The summed E-state index contributed by atoms with van der Waals surface area (Å²) in [7, 11) is 3.31. The molecule has 3 N–H and O–H groups in total. The van der Waals surface area contributed by atoms with Gasteiger partial charge in [-0.3, -0.25) is 4.79 Å². The molecule has 2 fully saturated rings. The molecule has 1 atom stereocenters. The summed E-state index contributed by atoms with van der Waals surface area (Å²) in [6.07, 6.45) is 2.19. The summed E-state index contributed by atoms with van der Waals surface area (Å²) >= 11 is 0. The van der Waals surface area contributed by atoms with Gasteiger partial charge in [0, 0.05) is 56.7 Å². The van der Waals surface area contributed by atoms with Crippen LogP contribution in [0.5, 0.6) is 11.5 Å². The Labute approximate surface area is 154 Å². The van der Waals surface area contributed by atoms with E-state index >= 15 is 0 Å². The maximum Gasteiger partial charge on any atom is 0.240 e. The molecular formula is C19H29N3O4. The number of nitrogens with two attached hydrogens (primary N) is 1. The van der Waals surface area contributed by atoms with Crippen molar-refractivity contribution in [2.75, 3.05) is 52.0 Å². The van der Waals surface area contributed by atoms with E-state index in [4.69, 9.17) is 19.9 Å². The summed E-state index contributed by atoms with van der Waals surface area (Å²) in [6.45, 7) is 3.59. The summed E-state index contributed by atoms with van der Waals surface area (Å²) < 4.78 is 16.0. The van der Waals surface area contributed by atoms with Crippen LogP contribution < -0.4 is 25.4 Å². The van der Waals surface area contributed by atoms with Gasteiger partial charge in [-0.2, -0.15) is 0 Å². The molecule has 2 aliphatic rings. The molecule has 2 aliphatic heterocycles. The second-order valence-electron chi connectivity index (χ2n) is 7.15. The van der Waals surface area contributed by atoms with Crippen molar-refractivity contribution >= 4 is 11.6 Å². The molecule has 1 unspecified atom stereocenters. The number of ether oxygens (including phenoxy) is 3. The van der Waals surface area contributed by atoms with Crippen LogP contribution in [0, 0.1) is 5.92 Å². The lowest BCUT2D eigenvalue weighted by Crippen LogP contribution is -2.57. The lowest BCUT2D eigenvalue weighted by atomic mass is 9.90. The maximum atomic E-state index is 12.5. The number of carbonyl (C=O) groups excluding carboxylic acids is 1. The van der Waals surface area contributed by atoms with E-state index in [1.54, 1.807) is 14.2 Å². The molecule has 1 amide bonds. The van der Waals surface area contributed by atoms with Crippen LogP contribution in [-0.2, 0) is 9.53 Å². The fourth-order valence-electron chi connectivity index (χ4n) is 3.58. The van der Waals surface area contributed by atoms with E-state index in [-0.39, 0.29) is 5.91 Å². The van der Waals surface area contributed by atoms with Gasteiger partial charge in [-0.15, -0.1) is 0 Å². The number of benzene rings is 1. The first-order valence-electron chi connectivity index (χ1n) is 9.17. The van der Waals surface area contributed by atoms with E-state index in [9.17, 15) is 4.79 Å². The Morgan fingerprint density at radius 3 is 2.54 bits per heavy atom. The number of rotatable bonds is 6. The number of nitrogens with zero attached hydrogens (tertiary/aromatic N) is 1. The first kappa shape index (κ1) is 18.8. The number of methoxy groups -OCH3 is 2. The van der Waals surface area contributed by atoms with Crippen LogP contribution in [0.15, 0.2) is 18.2 Å². The van der Waals surface area contributed by atoms with Gasteiger partial charge in [0.1, 0.15) is 11.5 Å². The summed E-state index contributed by atoms with van der Waals surface area (Å²) in [6, 6.07) is 5.90. The molecule has 0 radical (unpaired) electrons. The van der Waals surface area contributed by atoms with Gasteiger partial charge in [-0.1, -0.05) is 0 Å². The molecule has 26 heavy (non-hydrogen) atoms. The van der Waals surface area contributed by atoms with E-state index in [0.29, 0.717) is 38.5 Å². The number of carbonyl (C=O) groups is 1. The summed E-state index contributed by atoms with van der Waals surface area (Å²) in [5, 5.41) is 3.06. The predicted octanol–water partition coefficient (Wildman–Crippen LogP) is 1.15.